The number of hydrogen-bond acceptors (Lipinski definition) is 6. The number of nitrogens with one attached hydrogen (secondary N) is 1. The van der Waals surface area contributed by atoms with E-state index in [1.54, 1.807) is 6.08 Å². The number of rotatable bonds is 10. The Morgan fingerprint density at radius 2 is 1.65 bits per heavy atom. The Morgan fingerprint density at radius 1 is 1.06 bits per heavy atom. The van der Waals surface area contributed by atoms with Gasteiger partial charge in [-0.05, 0) is 19.4 Å². The van der Waals surface area contributed by atoms with E-state index >= 15 is 0 Å². The molecule has 0 saturated carbocycles. The van der Waals surface area contributed by atoms with E-state index in [2.05, 4.69) is 11.9 Å². The summed E-state index contributed by atoms with van der Waals surface area (Å²) in [5.41, 5.74) is 0. The largest absolute Gasteiger partial charge is 0.394 e. The van der Waals surface area contributed by atoms with Gasteiger partial charge in [0.15, 0.2) is 0 Å². The van der Waals surface area contributed by atoms with Crippen LogP contribution < -0.4 is 5.32 Å². The van der Waals surface area contributed by atoms with Gasteiger partial charge < -0.3 is 30.8 Å². The van der Waals surface area contributed by atoms with Crippen molar-refractivity contribution in [1.82, 2.24) is 5.32 Å². The van der Waals surface area contributed by atoms with Gasteiger partial charge in [0, 0.05) is 6.54 Å². The van der Waals surface area contributed by atoms with E-state index in [1.807, 2.05) is 0 Å². The highest BCUT2D eigenvalue weighted by Crippen LogP contribution is 2.04. The molecular weight excluding hydrogens is 226 g/mol. The first-order valence-electron chi connectivity index (χ1n) is 5.69. The predicted octanol–water partition coefficient (Wildman–Crippen LogP) is -2.02. The van der Waals surface area contributed by atoms with E-state index < -0.39 is 31.0 Å². The number of hydrogen-bond donors (Lipinski definition) is 6. The van der Waals surface area contributed by atoms with Crippen molar-refractivity contribution in [2.75, 3.05) is 19.7 Å². The lowest BCUT2D eigenvalue weighted by Crippen LogP contribution is -2.49. The van der Waals surface area contributed by atoms with Crippen LogP contribution in [0.4, 0.5) is 0 Å². The van der Waals surface area contributed by atoms with Gasteiger partial charge in [0.1, 0.15) is 18.3 Å². The maximum atomic E-state index is 9.50. The summed E-state index contributed by atoms with van der Waals surface area (Å²) < 4.78 is 0. The molecule has 0 aliphatic rings. The monoisotopic (exact) mass is 249 g/mol. The lowest BCUT2D eigenvalue weighted by molar-refractivity contribution is -0.113. The zero-order chi connectivity index (χ0) is 13.3. The zero-order valence-electron chi connectivity index (χ0n) is 9.87. The lowest BCUT2D eigenvalue weighted by atomic mass is 10.0. The predicted molar refractivity (Wildman–Crippen MR) is 63.4 cm³/mol. The average Bonchev–Trinajstić information content (AvgIpc) is 2.35. The van der Waals surface area contributed by atoms with Crippen LogP contribution in [-0.2, 0) is 0 Å². The van der Waals surface area contributed by atoms with Crippen molar-refractivity contribution in [3.63, 3.8) is 0 Å². The van der Waals surface area contributed by atoms with Gasteiger partial charge in [-0.2, -0.15) is 0 Å². The molecule has 0 amide bonds. The van der Waals surface area contributed by atoms with Crippen molar-refractivity contribution >= 4 is 0 Å². The van der Waals surface area contributed by atoms with Crippen molar-refractivity contribution in [2.24, 2.45) is 0 Å². The molecular formula is C11H23NO5. The summed E-state index contributed by atoms with van der Waals surface area (Å²) in [5.74, 6) is 0. The summed E-state index contributed by atoms with van der Waals surface area (Å²) in [6, 6.07) is 0. The molecule has 6 heteroatoms. The molecule has 0 fully saturated rings. The second-order valence-corrected chi connectivity index (χ2v) is 3.93. The molecule has 102 valence electrons. The molecule has 0 spiro atoms. The Hall–Kier alpha value is -0.500. The molecule has 6 nitrogen and oxygen atoms in total. The topological polar surface area (TPSA) is 113 Å². The minimum atomic E-state index is -1.56. The molecule has 0 aliphatic carbocycles. The Balaban J connectivity index is 3.80. The van der Waals surface area contributed by atoms with E-state index in [1.165, 1.54) is 0 Å². The number of aliphatic hydroxyl groups is 5. The summed E-state index contributed by atoms with van der Waals surface area (Å²) in [7, 11) is 0. The van der Waals surface area contributed by atoms with E-state index in [0.29, 0.717) is 6.54 Å². The summed E-state index contributed by atoms with van der Waals surface area (Å²) in [5, 5.41) is 48.9. The number of aliphatic hydroxyl groups excluding tert-OH is 5. The zero-order valence-corrected chi connectivity index (χ0v) is 9.87. The molecule has 0 heterocycles. The number of unbranched alkanes of at least 4 members (excludes halogenated alkanes) is 1. The third-order valence-electron chi connectivity index (χ3n) is 2.44. The summed E-state index contributed by atoms with van der Waals surface area (Å²) in [4.78, 5) is 0. The van der Waals surface area contributed by atoms with Crippen LogP contribution in [-0.4, -0.2) is 69.6 Å². The van der Waals surface area contributed by atoms with E-state index in [0.717, 1.165) is 12.8 Å². The molecule has 0 aromatic carbocycles. The highest BCUT2D eigenvalue weighted by molar-refractivity contribution is 4.81. The van der Waals surface area contributed by atoms with Crippen LogP contribution in [0.15, 0.2) is 12.7 Å². The molecule has 0 saturated heterocycles. The number of allylic oxidation sites excluding steroid dienone is 1. The van der Waals surface area contributed by atoms with Crippen LogP contribution in [0, 0.1) is 0 Å². The van der Waals surface area contributed by atoms with Gasteiger partial charge in [-0.25, -0.2) is 0 Å². The lowest BCUT2D eigenvalue weighted by Gasteiger charge is -2.25. The van der Waals surface area contributed by atoms with E-state index in [9.17, 15) is 15.3 Å². The van der Waals surface area contributed by atoms with Gasteiger partial charge in [0.25, 0.3) is 0 Å². The molecule has 0 bridgehead atoms. The highest BCUT2D eigenvalue weighted by atomic mass is 16.4. The molecule has 4 atom stereocenters. The Kier molecular flexibility index (Phi) is 9.24. The standard InChI is InChI=1S/C11H23NO5/c1-2-3-4-5-12-6-8(14)10(16)11(17)9(15)7-13/h2,8-17H,1,3-7H2/t8-,9+,10+,11+/m0/s1. The van der Waals surface area contributed by atoms with E-state index in [-0.39, 0.29) is 6.54 Å². The summed E-state index contributed by atoms with van der Waals surface area (Å²) in [6.07, 6.45) is -2.20. The smallest absolute Gasteiger partial charge is 0.111 e. The maximum Gasteiger partial charge on any atom is 0.111 e. The molecule has 0 aromatic rings. The molecule has 6 N–H and O–H groups in total. The first-order chi connectivity index (χ1) is 8.04. The Labute approximate surface area is 101 Å². The molecule has 0 aromatic heterocycles. The summed E-state index contributed by atoms with van der Waals surface area (Å²) in [6.45, 7) is 3.67. The van der Waals surface area contributed by atoms with Crippen molar-refractivity contribution < 1.29 is 25.5 Å². The molecule has 0 aliphatic heterocycles. The fourth-order valence-corrected chi connectivity index (χ4v) is 1.31. The van der Waals surface area contributed by atoms with Gasteiger partial charge in [-0.15, -0.1) is 6.58 Å². The second kappa shape index (κ2) is 9.52. The van der Waals surface area contributed by atoms with Gasteiger partial charge in [-0.1, -0.05) is 6.08 Å². The highest BCUT2D eigenvalue weighted by Gasteiger charge is 2.29. The van der Waals surface area contributed by atoms with Crippen LogP contribution in [0.2, 0.25) is 0 Å². The van der Waals surface area contributed by atoms with E-state index in [4.69, 9.17) is 10.2 Å². The Morgan fingerprint density at radius 3 is 2.18 bits per heavy atom. The van der Waals surface area contributed by atoms with Crippen LogP contribution in [0.25, 0.3) is 0 Å². The summed E-state index contributed by atoms with van der Waals surface area (Å²) >= 11 is 0. The van der Waals surface area contributed by atoms with Crippen LogP contribution in [0.1, 0.15) is 12.8 Å². The normalized spacial score (nSPS) is 18.4. The van der Waals surface area contributed by atoms with Gasteiger partial charge in [-0.3, -0.25) is 0 Å². The fraction of sp³-hybridized carbons (Fsp3) is 0.818. The SMILES string of the molecule is C=CCCCNC[C@H](O)[C@@H](O)[C@H](O)[C@H](O)CO. The van der Waals surface area contributed by atoms with Gasteiger partial charge >= 0.3 is 0 Å². The third-order valence-corrected chi connectivity index (χ3v) is 2.44. The fourth-order valence-electron chi connectivity index (χ4n) is 1.31. The molecule has 0 radical (unpaired) electrons. The van der Waals surface area contributed by atoms with Crippen LogP contribution >= 0.6 is 0 Å². The Bertz CT molecular complexity index is 202. The van der Waals surface area contributed by atoms with Crippen molar-refractivity contribution in [3.8, 4) is 0 Å². The first kappa shape index (κ1) is 16.5. The quantitative estimate of drug-likeness (QED) is 0.197. The average molecular weight is 249 g/mol. The van der Waals surface area contributed by atoms with Gasteiger partial charge in [0.05, 0.1) is 12.7 Å². The molecule has 17 heavy (non-hydrogen) atoms. The van der Waals surface area contributed by atoms with Crippen molar-refractivity contribution in [1.29, 1.82) is 0 Å². The van der Waals surface area contributed by atoms with Gasteiger partial charge in [0.2, 0.25) is 0 Å². The maximum absolute atomic E-state index is 9.50. The third kappa shape index (κ3) is 6.72. The van der Waals surface area contributed by atoms with Crippen molar-refractivity contribution in [3.05, 3.63) is 12.7 Å². The van der Waals surface area contributed by atoms with Crippen LogP contribution in [0.5, 0.6) is 0 Å². The minimum Gasteiger partial charge on any atom is -0.394 e. The molecule has 0 unspecified atom stereocenters. The van der Waals surface area contributed by atoms with Crippen molar-refractivity contribution in [2.45, 2.75) is 37.3 Å². The second-order valence-electron chi connectivity index (χ2n) is 3.93. The van der Waals surface area contributed by atoms with Crippen LogP contribution in [0.3, 0.4) is 0 Å². The first-order valence-corrected chi connectivity index (χ1v) is 5.69. The molecule has 0 rings (SSSR count). The minimum absolute atomic E-state index is 0.105.